The van der Waals surface area contributed by atoms with Crippen LogP contribution in [-0.2, 0) is 16.1 Å². The second-order valence-corrected chi connectivity index (χ2v) is 10.4. The Labute approximate surface area is 231 Å². The van der Waals surface area contributed by atoms with Crippen molar-refractivity contribution in [3.8, 4) is 22.6 Å². The Morgan fingerprint density at radius 3 is 2.42 bits per heavy atom. The van der Waals surface area contributed by atoms with Crippen LogP contribution in [-0.4, -0.2) is 82.0 Å². The molecule has 11 nitrogen and oxygen atoms in total. The summed E-state index contributed by atoms with van der Waals surface area (Å²) in [6.45, 7) is 3.38. The molecule has 212 valence electrons. The van der Waals surface area contributed by atoms with Crippen LogP contribution in [0.2, 0.25) is 0 Å². The average Bonchev–Trinajstić information content (AvgIpc) is 2.98. The van der Waals surface area contributed by atoms with Gasteiger partial charge in [-0.3, -0.25) is 19.1 Å². The summed E-state index contributed by atoms with van der Waals surface area (Å²) < 4.78 is 12.1. The number of aliphatic carboxylic acids is 1. The maximum atomic E-state index is 13.8. The molecular formula is C29H34N4O7. The number of morpholine rings is 1. The summed E-state index contributed by atoms with van der Waals surface area (Å²) in [5.41, 5.74) is -0.949. The summed E-state index contributed by atoms with van der Waals surface area (Å²) in [5.74, 6) is -1.87. The number of rotatable bonds is 8. The first-order chi connectivity index (χ1) is 19.3. The number of ether oxygens (including phenoxy) is 2. The van der Waals surface area contributed by atoms with Crippen LogP contribution in [0.1, 0.15) is 42.5 Å². The summed E-state index contributed by atoms with van der Waals surface area (Å²) in [6.07, 6.45) is 4.31. The summed E-state index contributed by atoms with van der Waals surface area (Å²) in [5, 5.41) is 24.2. The minimum absolute atomic E-state index is 0.230. The lowest BCUT2D eigenvalue weighted by Gasteiger charge is -2.34. The zero-order chi connectivity index (χ0) is 28.3. The normalized spacial score (nSPS) is 17.4. The number of pyridine rings is 2. The molecule has 5 rings (SSSR count). The van der Waals surface area contributed by atoms with E-state index in [2.05, 4.69) is 15.2 Å². The molecule has 2 aromatic heterocycles. The number of aromatic nitrogens is 2. The Bertz CT molecular complexity index is 1460. The van der Waals surface area contributed by atoms with Gasteiger partial charge in [0.2, 0.25) is 0 Å². The molecule has 3 heterocycles. The van der Waals surface area contributed by atoms with Crippen molar-refractivity contribution in [3.05, 3.63) is 52.4 Å². The number of benzene rings is 1. The number of carboxylic acid groups (broad SMARTS) is 1. The van der Waals surface area contributed by atoms with Gasteiger partial charge in [0.15, 0.2) is 0 Å². The summed E-state index contributed by atoms with van der Waals surface area (Å²) in [4.78, 5) is 46.3. The van der Waals surface area contributed by atoms with Gasteiger partial charge in [-0.1, -0.05) is 31.4 Å². The molecule has 1 saturated heterocycles. The fourth-order valence-corrected chi connectivity index (χ4v) is 5.56. The highest BCUT2D eigenvalue weighted by molar-refractivity contribution is 6.04. The molecule has 0 radical (unpaired) electrons. The molecule has 1 aliphatic heterocycles. The molecule has 0 bridgehead atoms. The van der Waals surface area contributed by atoms with Crippen molar-refractivity contribution in [2.75, 3.05) is 40.0 Å². The van der Waals surface area contributed by atoms with E-state index in [-0.39, 0.29) is 30.4 Å². The van der Waals surface area contributed by atoms with Gasteiger partial charge in [-0.2, -0.15) is 0 Å². The van der Waals surface area contributed by atoms with E-state index in [1.165, 1.54) is 4.57 Å². The molecule has 1 saturated carbocycles. The number of carbonyl (C=O) groups excluding carboxylic acids is 1. The Morgan fingerprint density at radius 1 is 1.07 bits per heavy atom. The van der Waals surface area contributed by atoms with Crippen LogP contribution in [0, 0.1) is 0 Å². The predicted molar refractivity (Wildman–Crippen MR) is 148 cm³/mol. The molecule has 3 aromatic rings. The van der Waals surface area contributed by atoms with E-state index in [4.69, 9.17) is 9.47 Å². The van der Waals surface area contributed by atoms with Crippen molar-refractivity contribution in [1.29, 1.82) is 0 Å². The van der Waals surface area contributed by atoms with Gasteiger partial charge in [-0.25, -0.2) is 9.78 Å². The van der Waals surface area contributed by atoms with E-state index in [1.54, 1.807) is 31.5 Å². The van der Waals surface area contributed by atoms with Crippen LogP contribution in [0.4, 0.5) is 0 Å². The van der Waals surface area contributed by atoms with Crippen LogP contribution in [0.5, 0.6) is 11.5 Å². The van der Waals surface area contributed by atoms with Crippen molar-refractivity contribution in [1.82, 2.24) is 19.8 Å². The molecule has 11 heteroatoms. The highest BCUT2D eigenvalue weighted by atomic mass is 16.5. The molecule has 2 aliphatic rings. The number of methoxy groups -OCH3 is 1. The van der Waals surface area contributed by atoms with E-state index in [0.29, 0.717) is 57.0 Å². The zero-order valence-corrected chi connectivity index (χ0v) is 22.5. The molecule has 1 aliphatic carbocycles. The van der Waals surface area contributed by atoms with Crippen LogP contribution in [0.3, 0.4) is 0 Å². The quantitative estimate of drug-likeness (QED) is 0.386. The van der Waals surface area contributed by atoms with Crippen LogP contribution in [0.15, 0.2) is 41.3 Å². The molecule has 2 fully saturated rings. The Morgan fingerprint density at radius 2 is 1.77 bits per heavy atom. The lowest BCUT2D eigenvalue weighted by atomic mass is 9.81. The molecular weight excluding hydrogens is 516 g/mol. The first-order valence-corrected chi connectivity index (χ1v) is 13.6. The lowest BCUT2D eigenvalue weighted by Crippen LogP contribution is -2.56. The maximum absolute atomic E-state index is 13.8. The summed E-state index contributed by atoms with van der Waals surface area (Å²) in [7, 11) is 1.58. The van der Waals surface area contributed by atoms with E-state index in [0.717, 1.165) is 12.0 Å². The second kappa shape index (κ2) is 11.6. The SMILES string of the molecule is COc1ccc(-c2cnc3c(c2)c(O)c(C(=O)NC2(C(=O)O)CCCCC2)c(=O)n3CCN2CCOCC2)cc1. The Hall–Kier alpha value is -3.96. The van der Waals surface area contributed by atoms with Gasteiger partial charge in [0, 0.05) is 37.9 Å². The van der Waals surface area contributed by atoms with Gasteiger partial charge in [0.05, 0.1) is 25.7 Å². The molecule has 1 amide bonds. The minimum Gasteiger partial charge on any atom is -0.506 e. The topological polar surface area (TPSA) is 143 Å². The summed E-state index contributed by atoms with van der Waals surface area (Å²) >= 11 is 0. The maximum Gasteiger partial charge on any atom is 0.329 e. The number of amides is 1. The molecule has 3 N–H and O–H groups in total. The minimum atomic E-state index is -1.48. The van der Waals surface area contributed by atoms with Crippen LogP contribution < -0.4 is 15.6 Å². The van der Waals surface area contributed by atoms with Crippen molar-refractivity contribution in [2.45, 2.75) is 44.2 Å². The lowest BCUT2D eigenvalue weighted by molar-refractivity contribution is -0.145. The monoisotopic (exact) mass is 550 g/mol. The first kappa shape index (κ1) is 27.6. The standard InChI is InChI=1S/C29H34N4O7/c1-39-21-7-5-19(6-8-21)20-17-22-24(34)23(26(35)31-29(28(37)38)9-3-2-4-10-29)27(36)33(25(22)30-18-20)12-11-32-13-15-40-16-14-32/h5-8,17-18,34H,2-4,9-16H2,1H3,(H,31,35)(H,37,38). The van der Waals surface area contributed by atoms with Gasteiger partial charge in [0.25, 0.3) is 11.5 Å². The third-order valence-electron chi connectivity index (χ3n) is 7.94. The number of nitrogens with zero attached hydrogens (tertiary/aromatic N) is 3. The molecule has 1 aromatic carbocycles. The van der Waals surface area contributed by atoms with E-state index >= 15 is 0 Å². The fraction of sp³-hybridized carbons (Fsp3) is 0.448. The Balaban J connectivity index is 1.59. The van der Waals surface area contributed by atoms with Gasteiger partial charge in [0.1, 0.15) is 28.2 Å². The fourth-order valence-electron chi connectivity index (χ4n) is 5.56. The molecule has 0 unspecified atom stereocenters. The number of aromatic hydroxyl groups is 1. The zero-order valence-electron chi connectivity index (χ0n) is 22.5. The number of hydrogen-bond acceptors (Lipinski definition) is 8. The Kier molecular flexibility index (Phi) is 8.04. The number of fused-ring (bicyclic) bond motifs is 1. The van der Waals surface area contributed by atoms with Crippen LogP contribution in [0.25, 0.3) is 22.2 Å². The number of nitrogens with one attached hydrogen (secondary N) is 1. The predicted octanol–water partition coefficient (Wildman–Crippen LogP) is 2.63. The molecule has 40 heavy (non-hydrogen) atoms. The largest absolute Gasteiger partial charge is 0.506 e. The van der Waals surface area contributed by atoms with E-state index in [1.807, 2.05) is 12.1 Å². The molecule has 0 spiro atoms. The number of hydrogen-bond donors (Lipinski definition) is 3. The van der Waals surface area contributed by atoms with Gasteiger partial charge in [-0.05, 0) is 36.6 Å². The second-order valence-electron chi connectivity index (χ2n) is 10.4. The van der Waals surface area contributed by atoms with Gasteiger partial charge in [-0.15, -0.1) is 0 Å². The van der Waals surface area contributed by atoms with E-state index in [9.17, 15) is 24.6 Å². The van der Waals surface area contributed by atoms with Crippen molar-refractivity contribution in [2.24, 2.45) is 0 Å². The van der Waals surface area contributed by atoms with Crippen molar-refractivity contribution >= 4 is 22.9 Å². The average molecular weight is 551 g/mol. The third kappa shape index (κ3) is 5.39. The molecule has 0 atom stereocenters. The highest BCUT2D eigenvalue weighted by Gasteiger charge is 2.42. The van der Waals surface area contributed by atoms with E-state index < -0.39 is 34.3 Å². The first-order valence-electron chi connectivity index (χ1n) is 13.6. The van der Waals surface area contributed by atoms with Gasteiger partial charge < -0.3 is 25.0 Å². The highest BCUT2D eigenvalue weighted by Crippen LogP contribution is 2.32. The van der Waals surface area contributed by atoms with Crippen LogP contribution >= 0.6 is 0 Å². The number of carbonyl (C=O) groups is 2. The smallest absolute Gasteiger partial charge is 0.329 e. The van der Waals surface area contributed by atoms with Crippen molar-refractivity contribution in [3.63, 3.8) is 0 Å². The number of carboxylic acids is 1. The van der Waals surface area contributed by atoms with Crippen molar-refractivity contribution < 1.29 is 29.3 Å². The van der Waals surface area contributed by atoms with Gasteiger partial charge >= 0.3 is 5.97 Å². The summed E-state index contributed by atoms with van der Waals surface area (Å²) in [6, 6.07) is 8.99. The third-order valence-corrected chi connectivity index (χ3v) is 7.94.